The molecule has 3 N–H and O–H groups in total. The molecular weight excluding hydrogens is 397 g/mol. The summed E-state index contributed by atoms with van der Waals surface area (Å²) < 4.78 is 42.5. The van der Waals surface area contributed by atoms with Crippen molar-refractivity contribution < 1.29 is 22.7 Å². The van der Waals surface area contributed by atoms with Gasteiger partial charge in [-0.25, -0.2) is 4.98 Å². The quantitative estimate of drug-likeness (QED) is 0.698. The van der Waals surface area contributed by atoms with Crippen molar-refractivity contribution >= 4 is 17.5 Å². The van der Waals surface area contributed by atoms with Gasteiger partial charge in [-0.3, -0.25) is 9.78 Å². The zero-order valence-corrected chi connectivity index (χ0v) is 16.2. The molecule has 0 aliphatic rings. The molecule has 154 valence electrons. The molecule has 0 aromatic carbocycles. The first-order chi connectivity index (χ1) is 13.1. The van der Waals surface area contributed by atoms with Crippen LogP contribution in [0.5, 0.6) is 5.88 Å². The maximum absolute atomic E-state index is 12.5. The minimum absolute atomic E-state index is 0.00884. The Morgan fingerprint density at radius 2 is 1.96 bits per heavy atom. The first-order valence-corrected chi connectivity index (χ1v) is 8.82. The number of nitrogens with one attached hydrogen (secondary N) is 1. The van der Waals surface area contributed by atoms with Crippen molar-refractivity contribution in [2.75, 3.05) is 13.2 Å². The zero-order chi connectivity index (χ0) is 21.2. The van der Waals surface area contributed by atoms with Crippen molar-refractivity contribution in [3.8, 4) is 5.88 Å². The van der Waals surface area contributed by atoms with Crippen molar-refractivity contribution in [1.82, 2.24) is 15.3 Å². The maximum atomic E-state index is 12.5. The molecule has 2 rings (SSSR count). The van der Waals surface area contributed by atoms with E-state index < -0.39 is 11.7 Å². The van der Waals surface area contributed by atoms with E-state index in [9.17, 15) is 18.0 Å². The Morgan fingerprint density at radius 3 is 2.46 bits per heavy atom. The van der Waals surface area contributed by atoms with E-state index in [4.69, 9.17) is 22.1 Å². The minimum atomic E-state index is -4.52. The molecule has 0 bridgehead atoms. The number of halogens is 4. The highest BCUT2D eigenvalue weighted by molar-refractivity contribution is 6.31. The van der Waals surface area contributed by atoms with Gasteiger partial charge in [0, 0.05) is 30.2 Å². The van der Waals surface area contributed by atoms with Gasteiger partial charge in [-0.1, -0.05) is 18.5 Å². The Hall–Kier alpha value is -2.39. The summed E-state index contributed by atoms with van der Waals surface area (Å²) in [5.74, 6) is -0.444. The molecule has 0 radical (unpaired) electrons. The standard InChI is InChI=1S/C14H11ClF3N3O2.C4H11N/c15-11-7-10(14(16,17)18)8-21-13(11)23-6-5-20-12(22)9-1-3-19-4-2-9;1-3-4(2)5/h1-4,7-8H,5-6H2,(H,20,22);4H,3,5H2,1-2H3. The molecule has 10 heteroatoms. The molecule has 0 saturated heterocycles. The van der Waals surface area contributed by atoms with Crippen LogP contribution < -0.4 is 15.8 Å². The monoisotopic (exact) mass is 418 g/mol. The molecule has 1 atom stereocenters. The fourth-order valence-electron chi connectivity index (χ4n) is 1.60. The molecule has 1 amide bonds. The normalized spacial score (nSPS) is 11.8. The summed E-state index contributed by atoms with van der Waals surface area (Å²) in [6.07, 6.45) is 0.166. The van der Waals surface area contributed by atoms with E-state index in [1.54, 1.807) is 12.1 Å². The van der Waals surface area contributed by atoms with E-state index in [0.29, 0.717) is 17.8 Å². The predicted molar refractivity (Wildman–Crippen MR) is 100 cm³/mol. The van der Waals surface area contributed by atoms with E-state index in [2.05, 4.69) is 22.2 Å². The lowest BCUT2D eigenvalue weighted by atomic mass is 10.2. The van der Waals surface area contributed by atoms with Gasteiger partial charge in [-0.05, 0) is 31.5 Å². The molecule has 2 heterocycles. The van der Waals surface area contributed by atoms with Gasteiger partial charge in [-0.15, -0.1) is 0 Å². The summed E-state index contributed by atoms with van der Waals surface area (Å²) in [6.45, 7) is 4.22. The third-order valence-corrected chi connectivity index (χ3v) is 3.62. The third-order valence-electron chi connectivity index (χ3n) is 3.35. The second kappa shape index (κ2) is 11.5. The number of pyridine rings is 2. The Labute approximate surface area is 166 Å². The van der Waals surface area contributed by atoms with Crippen molar-refractivity contribution in [3.05, 3.63) is 52.9 Å². The highest BCUT2D eigenvalue weighted by atomic mass is 35.5. The number of carbonyl (C=O) groups excluding carboxylic acids is 1. The first kappa shape index (κ1) is 23.6. The Balaban J connectivity index is 0.000000696. The van der Waals surface area contributed by atoms with Crippen LogP contribution in [0.4, 0.5) is 13.2 Å². The first-order valence-electron chi connectivity index (χ1n) is 8.44. The van der Waals surface area contributed by atoms with Crippen LogP contribution in [0.25, 0.3) is 0 Å². The maximum Gasteiger partial charge on any atom is 0.417 e. The second-order valence-electron chi connectivity index (χ2n) is 5.73. The van der Waals surface area contributed by atoms with Crippen LogP contribution in [0.3, 0.4) is 0 Å². The minimum Gasteiger partial charge on any atom is -0.475 e. The molecule has 2 aromatic rings. The molecule has 0 saturated carbocycles. The average molecular weight is 419 g/mol. The third kappa shape index (κ3) is 8.53. The summed E-state index contributed by atoms with van der Waals surface area (Å²) in [7, 11) is 0. The summed E-state index contributed by atoms with van der Waals surface area (Å²) in [5, 5.41) is 2.33. The lowest BCUT2D eigenvalue weighted by Gasteiger charge is -2.10. The van der Waals surface area contributed by atoms with Gasteiger partial charge in [0.15, 0.2) is 0 Å². The van der Waals surface area contributed by atoms with Gasteiger partial charge in [0.05, 0.1) is 12.1 Å². The Kier molecular flexibility index (Phi) is 9.67. The molecule has 0 fully saturated rings. The van der Waals surface area contributed by atoms with Crippen molar-refractivity contribution in [3.63, 3.8) is 0 Å². The molecule has 1 unspecified atom stereocenters. The van der Waals surface area contributed by atoms with Crippen LogP contribution in [0.2, 0.25) is 5.02 Å². The highest BCUT2D eigenvalue weighted by Gasteiger charge is 2.31. The highest BCUT2D eigenvalue weighted by Crippen LogP contribution is 2.32. The van der Waals surface area contributed by atoms with Gasteiger partial charge in [-0.2, -0.15) is 13.2 Å². The van der Waals surface area contributed by atoms with Crippen LogP contribution in [0, 0.1) is 0 Å². The molecule has 28 heavy (non-hydrogen) atoms. The number of amides is 1. The summed E-state index contributed by atoms with van der Waals surface area (Å²) in [4.78, 5) is 19.0. The van der Waals surface area contributed by atoms with E-state index >= 15 is 0 Å². The van der Waals surface area contributed by atoms with E-state index in [0.717, 1.165) is 12.5 Å². The van der Waals surface area contributed by atoms with Crippen molar-refractivity contribution in [1.29, 1.82) is 0 Å². The fourth-order valence-corrected chi connectivity index (χ4v) is 1.83. The lowest BCUT2D eigenvalue weighted by molar-refractivity contribution is -0.137. The van der Waals surface area contributed by atoms with Gasteiger partial charge in [0.2, 0.25) is 5.88 Å². The van der Waals surface area contributed by atoms with Crippen LogP contribution >= 0.6 is 11.6 Å². The van der Waals surface area contributed by atoms with E-state index in [-0.39, 0.29) is 30.0 Å². The number of aromatic nitrogens is 2. The Morgan fingerprint density at radius 1 is 1.36 bits per heavy atom. The number of carbonyl (C=O) groups is 1. The largest absolute Gasteiger partial charge is 0.475 e. The number of nitrogens with zero attached hydrogens (tertiary/aromatic N) is 2. The van der Waals surface area contributed by atoms with Crippen LogP contribution in [-0.2, 0) is 6.18 Å². The summed E-state index contributed by atoms with van der Waals surface area (Å²) >= 11 is 5.69. The van der Waals surface area contributed by atoms with Gasteiger partial charge < -0.3 is 15.8 Å². The molecule has 2 aromatic heterocycles. The SMILES string of the molecule is CCC(C)N.O=C(NCCOc1ncc(C(F)(F)F)cc1Cl)c1ccncc1. The van der Waals surface area contributed by atoms with Crippen LogP contribution in [0.1, 0.15) is 36.2 Å². The van der Waals surface area contributed by atoms with E-state index in [1.165, 1.54) is 12.4 Å². The number of ether oxygens (including phenoxy) is 1. The number of alkyl halides is 3. The predicted octanol–water partition coefficient (Wildman–Crippen LogP) is 3.70. The number of rotatable bonds is 6. The number of hydrogen-bond acceptors (Lipinski definition) is 5. The zero-order valence-electron chi connectivity index (χ0n) is 15.5. The van der Waals surface area contributed by atoms with Gasteiger partial charge in [0.25, 0.3) is 5.91 Å². The van der Waals surface area contributed by atoms with Crippen molar-refractivity contribution in [2.24, 2.45) is 5.73 Å². The number of hydrogen-bond donors (Lipinski definition) is 2. The fraction of sp³-hybridized carbons (Fsp3) is 0.389. The summed E-state index contributed by atoms with van der Waals surface area (Å²) in [6, 6.07) is 4.21. The smallest absolute Gasteiger partial charge is 0.417 e. The molecular formula is C18H22ClF3N4O2. The lowest BCUT2D eigenvalue weighted by Crippen LogP contribution is -2.28. The molecule has 0 aliphatic heterocycles. The Bertz CT molecular complexity index is 743. The van der Waals surface area contributed by atoms with Gasteiger partial charge in [0.1, 0.15) is 11.6 Å². The molecule has 0 aliphatic carbocycles. The van der Waals surface area contributed by atoms with Crippen LogP contribution in [-0.4, -0.2) is 35.1 Å². The topological polar surface area (TPSA) is 90.1 Å². The van der Waals surface area contributed by atoms with E-state index in [1.807, 2.05) is 6.92 Å². The van der Waals surface area contributed by atoms with Crippen molar-refractivity contribution in [2.45, 2.75) is 32.5 Å². The second-order valence-corrected chi connectivity index (χ2v) is 6.14. The van der Waals surface area contributed by atoms with Crippen LogP contribution in [0.15, 0.2) is 36.8 Å². The summed E-state index contributed by atoms with van der Waals surface area (Å²) in [5.41, 5.74) is 4.77. The van der Waals surface area contributed by atoms with Gasteiger partial charge >= 0.3 is 6.18 Å². The molecule has 0 spiro atoms. The molecule has 6 nitrogen and oxygen atoms in total. The number of nitrogens with two attached hydrogens (primary N) is 1. The average Bonchev–Trinajstić information content (AvgIpc) is 2.66.